The molecule has 1 heterocycles. The van der Waals surface area contributed by atoms with Crippen LogP contribution in [0.25, 0.3) is 16.7 Å². The highest BCUT2D eigenvalue weighted by atomic mass is 35.5. The molecule has 0 radical (unpaired) electrons. The average molecular weight is 425 g/mol. The number of hydrogen-bond donors (Lipinski definition) is 1. The fraction of sp³-hybridized carbons (Fsp3) is 0.318. The topological polar surface area (TPSA) is 46.5 Å². The van der Waals surface area contributed by atoms with Gasteiger partial charge in [0.25, 0.3) is 6.43 Å². The van der Waals surface area contributed by atoms with Crippen LogP contribution in [0.2, 0.25) is 5.02 Å². The van der Waals surface area contributed by atoms with E-state index in [1.165, 1.54) is 33.8 Å². The summed E-state index contributed by atoms with van der Waals surface area (Å²) in [5.41, 5.74) is -4.18. The van der Waals surface area contributed by atoms with Gasteiger partial charge in [-0.15, -0.1) is 0 Å². The van der Waals surface area contributed by atoms with Crippen molar-refractivity contribution < 1.29 is 27.8 Å². The van der Waals surface area contributed by atoms with E-state index in [4.69, 9.17) is 16.3 Å². The van der Waals surface area contributed by atoms with Crippen molar-refractivity contribution in [1.29, 1.82) is 0 Å². The van der Waals surface area contributed by atoms with E-state index in [1.807, 2.05) is 0 Å². The standard InChI is InChI=1S/C22H20ClF3O3/c1-21(2)18(27)16(19(28)22(3,4)29-21)15-14(20(25)26)10-9-13(17(15)24)11-5-7-12(23)8-6-11/h5-10,20,27H,1-4H3. The molecule has 0 aliphatic carbocycles. The molecule has 3 rings (SSSR count). The number of ether oxygens (including phenoxy) is 1. The fourth-order valence-corrected chi connectivity index (χ4v) is 3.68. The van der Waals surface area contributed by atoms with Crippen LogP contribution >= 0.6 is 11.6 Å². The van der Waals surface area contributed by atoms with Gasteiger partial charge in [0.1, 0.15) is 22.8 Å². The van der Waals surface area contributed by atoms with E-state index >= 15 is 4.39 Å². The van der Waals surface area contributed by atoms with Gasteiger partial charge in [0.15, 0.2) is 5.78 Å². The van der Waals surface area contributed by atoms with Crippen molar-refractivity contribution in [3.05, 3.63) is 64.1 Å². The summed E-state index contributed by atoms with van der Waals surface area (Å²) in [5.74, 6) is -2.38. The highest BCUT2D eigenvalue weighted by molar-refractivity contribution is 6.30. The molecule has 0 fully saturated rings. The maximum Gasteiger partial charge on any atom is 0.264 e. The summed E-state index contributed by atoms with van der Waals surface area (Å²) in [4.78, 5) is 13.0. The minimum absolute atomic E-state index is 0.0104. The summed E-state index contributed by atoms with van der Waals surface area (Å²) in [5, 5.41) is 11.1. The van der Waals surface area contributed by atoms with Gasteiger partial charge in [0, 0.05) is 21.7 Å². The normalized spacial score (nSPS) is 18.4. The predicted octanol–water partition coefficient (Wildman–Crippen LogP) is 6.51. The summed E-state index contributed by atoms with van der Waals surface area (Å²) in [7, 11) is 0. The molecule has 1 aliphatic heterocycles. The van der Waals surface area contributed by atoms with E-state index in [0.29, 0.717) is 10.6 Å². The Labute approximate surface area is 171 Å². The highest BCUT2D eigenvalue weighted by Crippen LogP contribution is 2.44. The Balaban J connectivity index is 2.36. The van der Waals surface area contributed by atoms with Gasteiger partial charge in [-0.05, 0) is 45.4 Å². The molecule has 0 amide bonds. The van der Waals surface area contributed by atoms with Crippen molar-refractivity contribution in [2.45, 2.75) is 45.3 Å². The van der Waals surface area contributed by atoms with Gasteiger partial charge in [-0.3, -0.25) is 4.79 Å². The van der Waals surface area contributed by atoms with Crippen LogP contribution in [0, 0.1) is 5.82 Å². The lowest BCUT2D eigenvalue weighted by Gasteiger charge is -2.40. The lowest BCUT2D eigenvalue weighted by Crippen LogP contribution is -2.49. The Morgan fingerprint density at radius 2 is 1.59 bits per heavy atom. The van der Waals surface area contributed by atoms with E-state index in [-0.39, 0.29) is 5.56 Å². The summed E-state index contributed by atoms with van der Waals surface area (Å²) in [6.07, 6.45) is -3.05. The molecule has 1 N–H and O–H groups in total. The number of aliphatic hydroxyl groups is 1. The molecule has 2 aromatic carbocycles. The van der Waals surface area contributed by atoms with Crippen molar-refractivity contribution in [2.75, 3.05) is 0 Å². The maximum atomic E-state index is 15.6. The Morgan fingerprint density at radius 3 is 2.14 bits per heavy atom. The third kappa shape index (κ3) is 3.67. The zero-order chi connectivity index (χ0) is 21.7. The number of halogens is 4. The number of carbonyl (C=O) groups excluding carboxylic acids is 1. The molecule has 3 nitrogen and oxygen atoms in total. The first-order valence-electron chi connectivity index (χ1n) is 8.92. The molecule has 7 heteroatoms. The van der Waals surface area contributed by atoms with Crippen molar-refractivity contribution >= 4 is 23.0 Å². The monoisotopic (exact) mass is 424 g/mol. The van der Waals surface area contributed by atoms with Gasteiger partial charge in [-0.1, -0.05) is 35.9 Å². The van der Waals surface area contributed by atoms with Crippen LogP contribution in [0.15, 0.2) is 42.2 Å². The van der Waals surface area contributed by atoms with Crippen LogP contribution in [-0.4, -0.2) is 22.1 Å². The quantitative estimate of drug-likeness (QED) is 0.611. The molecule has 0 spiro atoms. The maximum absolute atomic E-state index is 15.6. The molecular weight excluding hydrogens is 405 g/mol. The smallest absolute Gasteiger partial charge is 0.264 e. The second kappa shape index (κ2) is 7.18. The zero-order valence-electron chi connectivity index (χ0n) is 16.3. The third-order valence-electron chi connectivity index (χ3n) is 4.91. The van der Waals surface area contributed by atoms with Crippen molar-refractivity contribution in [1.82, 2.24) is 0 Å². The first-order chi connectivity index (χ1) is 13.4. The number of carbonyl (C=O) groups is 1. The van der Waals surface area contributed by atoms with Crippen LogP contribution in [0.3, 0.4) is 0 Å². The van der Waals surface area contributed by atoms with Crippen LogP contribution in [-0.2, 0) is 9.53 Å². The van der Waals surface area contributed by atoms with Gasteiger partial charge in [-0.25, -0.2) is 13.2 Å². The van der Waals surface area contributed by atoms with Gasteiger partial charge >= 0.3 is 0 Å². The van der Waals surface area contributed by atoms with Gasteiger partial charge in [0.05, 0.1) is 5.57 Å². The number of hydrogen-bond acceptors (Lipinski definition) is 3. The Kier molecular flexibility index (Phi) is 5.30. The largest absolute Gasteiger partial charge is 0.508 e. The number of alkyl halides is 2. The molecule has 0 bridgehead atoms. The van der Waals surface area contributed by atoms with E-state index in [0.717, 1.165) is 6.07 Å². The second-order valence-corrected chi connectivity index (χ2v) is 8.31. The van der Waals surface area contributed by atoms with Crippen molar-refractivity contribution in [2.24, 2.45) is 0 Å². The summed E-state index contributed by atoms with van der Waals surface area (Å²) in [6.45, 7) is 5.87. The summed E-state index contributed by atoms with van der Waals surface area (Å²) in [6, 6.07) is 8.46. The molecule has 154 valence electrons. The number of benzene rings is 2. The first-order valence-corrected chi connectivity index (χ1v) is 9.30. The Hall–Kier alpha value is -2.31. The summed E-state index contributed by atoms with van der Waals surface area (Å²) < 4.78 is 48.7. The minimum Gasteiger partial charge on any atom is -0.508 e. The van der Waals surface area contributed by atoms with E-state index in [9.17, 15) is 18.7 Å². The lowest BCUT2D eigenvalue weighted by molar-refractivity contribution is -0.158. The number of rotatable bonds is 3. The van der Waals surface area contributed by atoms with E-state index in [1.54, 1.807) is 24.3 Å². The van der Waals surface area contributed by atoms with Crippen LogP contribution in [0.5, 0.6) is 0 Å². The molecule has 0 atom stereocenters. The fourth-order valence-electron chi connectivity index (χ4n) is 3.55. The van der Waals surface area contributed by atoms with Gasteiger partial charge in [-0.2, -0.15) is 0 Å². The zero-order valence-corrected chi connectivity index (χ0v) is 17.1. The summed E-state index contributed by atoms with van der Waals surface area (Å²) >= 11 is 5.87. The molecule has 0 unspecified atom stereocenters. The average Bonchev–Trinajstić information content (AvgIpc) is 2.61. The van der Waals surface area contributed by atoms with Crippen LogP contribution in [0.1, 0.15) is 45.2 Å². The molecule has 0 aromatic heterocycles. The molecule has 29 heavy (non-hydrogen) atoms. The molecule has 0 saturated carbocycles. The molecule has 1 aliphatic rings. The number of aliphatic hydroxyl groups excluding tert-OH is 1. The van der Waals surface area contributed by atoms with Crippen LogP contribution < -0.4 is 0 Å². The second-order valence-electron chi connectivity index (χ2n) is 7.87. The highest BCUT2D eigenvalue weighted by Gasteiger charge is 2.48. The molecule has 0 saturated heterocycles. The Bertz CT molecular complexity index is 1010. The minimum atomic E-state index is -3.05. The number of ketones is 1. The van der Waals surface area contributed by atoms with E-state index in [2.05, 4.69) is 0 Å². The van der Waals surface area contributed by atoms with E-state index < -0.39 is 51.7 Å². The van der Waals surface area contributed by atoms with Gasteiger partial charge < -0.3 is 9.84 Å². The Morgan fingerprint density at radius 1 is 1.00 bits per heavy atom. The SMILES string of the molecule is CC1(C)OC(C)(C)C(O)=C(c2c(C(F)F)ccc(-c3ccc(Cl)cc3)c2F)C1=O. The van der Waals surface area contributed by atoms with Gasteiger partial charge in [0.2, 0.25) is 0 Å². The van der Waals surface area contributed by atoms with Crippen molar-refractivity contribution in [3.63, 3.8) is 0 Å². The first kappa shape index (κ1) is 21.4. The number of Topliss-reactive ketones (excluding diaryl/α,β-unsaturated/α-hetero) is 1. The third-order valence-corrected chi connectivity index (χ3v) is 5.16. The predicted molar refractivity (Wildman–Crippen MR) is 106 cm³/mol. The molecule has 2 aromatic rings. The van der Waals surface area contributed by atoms with Crippen LogP contribution in [0.4, 0.5) is 13.2 Å². The van der Waals surface area contributed by atoms with Crippen molar-refractivity contribution in [3.8, 4) is 11.1 Å². The molecular formula is C22H20ClF3O3. The lowest BCUT2D eigenvalue weighted by atomic mass is 9.80.